The Labute approximate surface area is 92.5 Å². The normalized spacial score (nSPS) is 27.5. The fourth-order valence-electron chi connectivity index (χ4n) is 3.08. The number of piperidine rings is 1. The SMILES string of the molecule is N=C1CCCCN1CC(C1CC1)C1CC1. The zero-order valence-corrected chi connectivity index (χ0v) is 9.54. The summed E-state index contributed by atoms with van der Waals surface area (Å²) in [5.74, 6) is 3.94. The van der Waals surface area contributed by atoms with Crippen LogP contribution in [0.1, 0.15) is 44.9 Å². The van der Waals surface area contributed by atoms with Crippen molar-refractivity contribution in [2.24, 2.45) is 17.8 Å². The highest BCUT2D eigenvalue weighted by Gasteiger charge is 2.42. The molecule has 0 aromatic heterocycles. The Balaban J connectivity index is 1.58. The van der Waals surface area contributed by atoms with Gasteiger partial charge in [-0.25, -0.2) is 0 Å². The lowest BCUT2D eigenvalue weighted by molar-refractivity contribution is 0.266. The summed E-state index contributed by atoms with van der Waals surface area (Å²) < 4.78 is 0. The first-order valence-corrected chi connectivity index (χ1v) is 6.67. The molecule has 3 fully saturated rings. The summed E-state index contributed by atoms with van der Waals surface area (Å²) in [6.07, 6.45) is 9.48. The summed E-state index contributed by atoms with van der Waals surface area (Å²) in [6, 6.07) is 0. The van der Waals surface area contributed by atoms with E-state index >= 15 is 0 Å². The zero-order valence-electron chi connectivity index (χ0n) is 9.54. The third-order valence-corrected chi connectivity index (χ3v) is 4.36. The van der Waals surface area contributed by atoms with E-state index in [2.05, 4.69) is 4.90 Å². The summed E-state index contributed by atoms with van der Waals surface area (Å²) in [4.78, 5) is 2.38. The summed E-state index contributed by atoms with van der Waals surface area (Å²) >= 11 is 0. The van der Waals surface area contributed by atoms with Gasteiger partial charge in [0, 0.05) is 19.5 Å². The van der Waals surface area contributed by atoms with Crippen molar-refractivity contribution >= 4 is 5.84 Å². The van der Waals surface area contributed by atoms with E-state index in [0.29, 0.717) is 0 Å². The molecule has 3 aliphatic rings. The average Bonchev–Trinajstić information content (AvgIpc) is 3.10. The van der Waals surface area contributed by atoms with Crippen molar-refractivity contribution in [3.8, 4) is 0 Å². The number of hydrogen-bond acceptors (Lipinski definition) is 1. The van der Waals surface area contributed by atoms with E-state index in [0.717, 1.165) is 36.6 Å². The molecule has 3 rings (SSSR count). The van der Waals surface area contributed by atoms with Crippen LogP contribution in [0.2, 0.25) is 0 Å². The maximum Gasteiger partial charge on any atom is 0.0957 e. The minimum absolute atomic E-state index is 0.924. The van der Waals surface area contributed by atoms with Crippen molar-refractivity contribution in [1.82, 2.24) is 4.90 Å². The fraction of sp³-hybridized carbons (Fsp3) is 0.923. The van der Waals surface area contributed by atoms with Crippen LogP contribution >= 0.6 is 0 Å². The summed E-state index contributed by atoms with van der Waals surface area (Å²) in [5, 5.41) is 7.99. The molecule has 1 aliphatic heterocycles. The minimum atomic E-state index is 0.924. The van der Waals surface area contributed by atoms with Crippen molar-refractivity contribution < 1.29 is 0 Å². The number of hydrogen-bond donors (Lipinski definition) is 1. The van der Waals surface area contributed by atoms with Crippen LogP contribution in [0.15, 0.2) is 0 Å². The van der Waals surface area contributed by atoms with Gasteiger partial charge in [0.25, 0.3) is 0 Å². The number of rotatable bonds is 4. The highest BCUT2D eigenvalue weighted by molar-refractivity contribution is 5.79. The Kier molecular flexibility index (Phi) is 2.45. The van der Waals surface area contributed by atoms with E-state index in [1.807, 2.05) is 0 Å². The molecule has 0 atom stereocenters. The smallest absolute Gasteiger partial charge is 0.0957 e. The number of likely N-dealkylation sites (tertiary alicyclic amines) is 1. The Morgan fingerprint density at radius 1 is 1.13 bits per heavy atom. The van der Waals surface area contributed by atoms with Crippen molar-refractivity contribution in [1.29, 1.82) is 5.41 Å². The third-order valence-electron chi connectivity index (χ3n) is 4.36. The first-order valence-electron chi connectivity index (χ1n) is 6.67. The predicted octanol–water partition coefficient (Wildman–Crippen LogP) is 2.89. The van der Waals surface area contributed by atoms with Gasteiger partial charge in [0.15, 0.2) is 0 Å². The quantitative estimate of drug-likeness (QED) is 0.752. The van der Waals surface area contributed by atoms with Crippen LogP contribution in [0.25, 0.3) is 0 Å². The Morgan fingerprint density at radius 2 is 1.80 bits per heavy atom. The van der Waals surface area contributed by atoms with Gasteiger partial charge in [-0.3, -0.25) is 5.41 Å². The highest BCUT2D eigenvalue weighted by atomic mass is 15.2. The van der Waals surface area contributed by atoms with E-state index in [1.54, 1.807) is 0 Å². The molecule has 2 heteroatoms. The predicted molar refractivity (Wildman–Crippen MR) is 62.1 cm³/mol. The summed E-state index contributed by atoms with van der Waals surface area (Å²) in [6.45, 7) is 2.38. The van der Waals surface area contributed by atoms with Crippen molar-refractivity contribution in [2.45, 2.75) is 44.9 Å². The average molecular weight is 206 g/mol. The largest absolute Gasteiger partial charge is 0.360 e. The van der Waals surface area contributed by atoms with Crippen molar-refractivity contribution in [3.63, 3.8) is 0 Å². The monoisotopic (exact) mass is 206 g/mol. The molecule has 0 aromatic rings. The van der Waals surface area contributed by atoms with Gasteiger partial charge in [0.05, 0.1) is 5.84 Å². The Morgan fingerprint density at radius 3 is 2.33 bits per heavy atom. The zero-order chi connectivity index (χ0) is 10.3. The van der Waals surface area contributed by atoms with Crippen molar-refractivity contribution in [2.75, 3.05) is 13.1 Å². The molecule has 1 heterocycles. The van der Waals surface area contributed by atoms with Crippen LogP contribution < -0.4 is 0 Å². The van der Waals surface area contributed by atoms with E-state index in [9.17, 15) is 0 Å². The second-order valence-corrected chi connectivity index (χ2v) is 5.69. The second-order valence-electron chi connectivity index (χ2n) is 5.69. The van der Waals surface area contributed by atoms with E-state index < -0.39 is 0 Å². The standard InChI is InChI=1S/C13H22N2/c14-13-3-1-2-8-15(13)9-12(10-4-5-10)11-6-7-11/h10-12,14H,1-9H2. The van der Waals surface area contributed by atoms with Gasteiger partial charge in [-0.2, -0.15) is 0 Å². The summed E-state index contributed by atoms with van der Waals surface area (Å²) in [7, 11) is 0. The molecule has 0 unspecified atom stereocenters. The van der Waals surface area contributed by atoms with Crippen LogP contribution in [0.5, 0.6) is 0 Å². The number of nitrogens with zero attached hydrogens (tertiary/aromatic N) is 1. The van der Waals surface area contributed by atoms with Gasteiger partial charge in [-0.1, -0.05) is 0 Å². The van der Waals surface area contributed by atoms with Gasteiger partial charge in [0.2, 0.25) is 0 Å². The molecule has 0 amide bonds. The first-order chi connectivity index (χ1) is 7.34. The van der Waals surface area contributed by atoms with E-state index in [4.69, 9.17) is 5.41 Å². The molecular weight excluding hydrogens is 184 g/mol. The van der Waals surface area contributed by atoms with Gasteiger partial charge < -0.3 is 4.90 Å². The lowest BCUT2D eigenvalue weighted by atomic mass is 9.96. The lowest BCUT2D eigenvalue weighted by Crippen LogP contribution is -2.39. The topological polar surface area (TPSA) is 27.1 Å². The van der Waals surface area contributed by atoms with Crippen LogP contribution in [-0.2, 0) is 0 Å². The van der Waals surface area contributed by atoms with Gasteiger partial charge in [0.1, 0.15) is 0 Å². The van der Waals surface area contributed by atoms with Gasteiger partial charge >= 0.3 is 0 Å². The molecule has 1 saturated heterocycles. The van der Waals surface area contributed by atoms with Crippen LogP contribution in [0.3, 0.4) is 0 Å². The molecule has 0 bridgehead atoms. The van der Waals surface area contributed by atoms with Gasteiger partial charge in [-0.15, -0.1) is 0 Å². The second kappa shape index (κ2) is 3.80. The van der Waals surface area contributed by atoms with Gasteiger partial charge in [-0.05, 0) is 56.3 Å². The molecule has 0 radical (unpaired) electrons. The van der Waals surface area contributed by atoms with Crippen LogP contribution in [0, 0.1) is 23.2 Å². The molecule has 15 heavy (non-hydrogen) atoms. The van der Waals surface area contributed by atoms with Crippen molar-refractivity contribution in [3.05, 3.63) is 0 Å². The molecular formula is C13H22N2. The molecule has 1 N–H and O–H groups in total. The Bertz CT molecular complexity index is 241. The maximum absolute atomic E-state index is 7.99. The van der Waals surface area contributed by atoms with Crippen LogP contribution in [0.4, 0.5) is 0 Å². The molecule has 2 aliphatic carbocycles. The molecule has 0 spiro atoms. The third kappa shape index (κ3) is 2.19. The van der Waals surface area contributed by atoms with Crippen LogP contribution in [-0.4, -0.2) is 23.8 Å². The molecule has 84 valence electrons. The molecule has 2 saturated carbocycles. The maximum atomic E-state index is 7.99. The highest BCUT2D eigenvalue weighted by Crippen LogP contribution is 2.49. The summed E-state index contributed by atoms with van der Waals surface area (Å²) in [5.41, 5.74) is 0. The minimum Gasteiger partial charge on any atom is -0.360 e. The number of nitrogens with one attached hydrogen (secondary N) is 1. The first kappa shape index (κ1) is 9.68. The number of amidine groups is 1. The molecule has 2 nitrogen and oxygen atoms in total. The Hall–Kier alpha value is -0.530. The fourth-order valence-corrected chi connectivity index (χ4v) is 3.08. The lowest BCUT2D eigenvalue weighted by Gasteiger charge is -2.33. The van der Waals surface area contributed by atoms with E-state index in [1.165, 1.54) is 45.1 Å². The molecule has 0 aromatic carbocycles. The van der Waals surface area contributed by atoms with E-state index in [-0.39, 0.29) is 0 Å².